The summed E-state index contributed by atoms with van der Waals surface area (Å²) in [4.78, 5) is 32.6. The van der Waals surface area contributed by atoms with Gasteiger partial charge in [0.25, 0.3) is 11.8 Å². The fourth-order valence-electron chi connectivity index (χ4n) is 6.13. The van der Waals surface area contributed by atoms with E-state index in [-0.39, 0.29) is 23.6 Å². The van der Waals surface area contributed by atoms with Gasteiger partial charge in [-0.2, -0.15) is 0 Å². The van der Waals surface area contributed by atoms with Crippen LogP contribution in [-0.4, -0.2) is 34.2 Å². The fraction of sp³-hybridized carbons (Fsp3) is 0.333. The van der Waals surface area contributed by atoms with Crippen LogP contribution in [0.2, 0.25) is 0 Å². The van der Waals surface area contributed by atoms with Gasteiger partial charge in [0, 0.05) is 24.5 Å². The standard InChI is InChI=1S/C33H34N2O3/c1-23-15-17-24(18-16-23)22-34-20-19-25-9-5-7-13-28(25)31(34)33(37)35(27-11-3-2-4-12-27)32(36)30-21-26-10-6-8-14-29(26)38-30/h5-10,13-18,21,27,31H,2-4,11-12,19-20,22H2,1H3. The van der Waals surface area contributed by atoms with Crippen LogP contribution in [0.25, 0.3) is 11.0 Å². The highest BCUT2D eigenvalue weighted by molar-refractivity contribution is 6.07. The number of benzene rings is 3. The first-order chi connectivity index (χ1) is 18.6. The maximum atomic E-state index is 14.7. The Morgan fingerprint density at radius 2 is 1.66 bits per heavy atom. The van der Waals surface area contributed by atoms with E-state index in [1.54, 1.807) is 11.0 Å². The van der Waals surface area contributed by atoms with Crippen LogP contribution < -0.4 is 0 Å². The number of rotatable bonds is 5. The molecule has 4 aromatic rings. The summed E-state index contributed by atoms with van der Waals surface area (Å²) in [6.45, 7) is 3.50. The van der Waals surface area contributed by atoms with Crippen molar-refractivity contribution < 1.29 is 14.0 Å². The molecule has 1 fully saturated rings. The molecular formula is C33H34N2O3. The van der Waals surface area contributed by atoms with Crippen molar-refractivity contribution in [2.24, 2.45) is 0 Å². The molecule has 6 rings (SSSR count). The van der Waals surface area contributed by atoms with Crippen LogP contribution in [0, 0.1) is 6.92 Å². The monoisotopic (exact) mass is 506 g/mol. The highest BCUT2D eigenvalue weighted by atomic mass is 16.3. The van der Waals surface area contributed by atoms with E-state index < -0.39 is 6.04 Å². The van der Waals surface area contributed by atoms with Crippen LogP contribution in [-0.2, 0) is 17.8 Å². The van der Waals surface area contributed by atoms with Crippen molar-refractivity contribution in [3.63, 3.8) is 0 Å². The average molecular weight is 507 g/mol. The van der Waals surface area contributed by atoms with Crippen molar-refractivity contribution in [2.75, 3.05) is 6.54 Å². The summed E-state index contributed by atoms with van der Waals surface area (Å²) in [5.41, 5.74) is 5.24. The number of para-hydroxylation sites is 1. The number of carbonyl (C=O) groups excluding carboxylic acids is 2. The van der Waals surface area contributed by atoms with Crippen molar-refractivity contribution in [3.05, 3.63) is 107 Å². The highest BCUT2D eigenvalue weighted by Crippen LogP contribution is 2.36. The zero-order valence-corrected chi connectivity index (χ0v) is 21.9. The van der Waals surface area contributed by atoms with Gasteiger partial charge in [0.2, 0.25) is 0 Å². The molecule has 1 saturated carbocycles. The van der Waals surface area contributed by atoms with Crippen LogP contribution >= 0.6 is 0 Å². The van der Waals surface area contributed by atoms with Crippen molar-refractivity contribution in [1.29, 1.82) is 0 Å². The van der Waals surface area contributed by atoms with Gasteiger partial charge in [0.05, 0.1) is 0 Å². The first-order valence-corrected chi connectivity index (χ1v) is 13.8. The zero-order chi connectivity index (χ0) is 26.1. The van der Waals surface area contributed by atoms with Crippen LogP contribution in [0.4, 0.5) is 0 Å². The number of nitrogens with zero attached hydrogens (tertiary/aromatic N) is 2. The fourth-order valence-corrected chi connectivity index (χ4v) is 6.13. The van der Waals surface area contributed by atoms with E-state index >= 15 is 0 Å². The van der Waals surface area contributed by atoms with E-state index in [0.717, 1.165) is 56.0 Å². The average Bonchev–Trinajstić information content (AvgIpc) is 3.39. The third kappa shape index (κ3) is 4.79. The van der Waals surface area contributed by atoms with Crippen LogP contribution in [0.3, 0.4) is 0 Å². The molecule has 1 aromatic heterocycles. The molecule has 0 spiro atoms. The summed E-state index contributed by atoms with van der Waals surface area (Å²) in [5, 5.41) is 0.871. The molecule has 194 valence electrons. The highest BCUT2D eigenvalue weighted by Gasteiger charge is 2.41. The summed E-state index contributed by atoms with van der Waals surface area (Å²) in [5.74, 6) is -0.225. The largest absolute Gasteiger partial charge is 0.451 e. The maximum absolute atomic E-state index is 14.7. The van der Waals surface area contributed by atoms with Crippen LogP contribution in [0.1, 0.15) is 71.0 Å². The van der Waals surface area contributed by atoms with Gasteiger partial charge in [-0.05, 0) is 55.0 Å². The van der Waals surface area contributed by atoms with E-state index in [4.69, 9.17) is 4.42 Å². The third-order valence-electron chi connectivity index (χ3n) is 8.16. The van der Waals surface area contributed by atoms with Gasteiger partial charge in [-0.15, -0.1) is 0 Å². The summed E-state index contributed by atoms with van der Waals surface area (Å²) >= 11 is 0. The van der Waals surface area contributed by atoms with Crippen molar-refractivity contribution >= 4 is 22.8 Å². The van der Waals surface area contributed by atoms with Gasteiger partial charge in [-0.25, -0.2) is 0 Å². The lowest BCUT2D eigenvalue weighted by Crippen LogP contribution is -2.52. The summed E-state index contributed by atoms with van der Waals surface area (Å²) in [6, 6.07) is 25.5. The number of hydrogen-bond acceptors (Lipinski definition) is 4. The van der Waals surface area contributed by atoms with Crippen molar-refractivity contribution in [2.45, 2.75) is 64.1 Å². The van der Waals surface area contributed by atoms with Crippen LogP contribution in [0.5, 0.6) is 0 Å². The number of carbonyl (C=O) groups is 2. The lowest BCUT2D eigenvalue weighted by atomic mass is 9.89. The minimum Gasteiger partial charge on any atom is -0.451 e. The number of amides is 2. The van der Waals surface area contributed by atoms with E-state index in [9.17, 15) is 9.59 Å². The number of hydrogen-bond donors (Lipinski definition) is 0. The van der Waals surface area contributed by atoms with Crippen LogP contribution in [0.15, 0.2) is 83.3 Å². The second kappa shape index (κ2) is 10.6. The van der Waals surface area contributed by atoms with Gasteiger partial charge in [-0.3, -0.25) is 19.4 Å². The van der Waals surface area contributed by atoms with Gasteiger partial charge in [-0.1, -0.05) is 91.6 Å². The Bertz CT molecular complexity index is 1420. The molecule has 38 heavy (non-hydrogen) atoms. The molecule has 1 unspecified atom stereocenters. The SMILES string of the molecule is Cc1ccc(CN2CCc3ccccc3C2C(=O)N(C(=O)c2cc3ccccc3o2)C2CCCCC2)cc1. The van der Waals surface area contributed by atoms with E-state index in [0.29, 0.717) is 12.1 Å². The quantitative estimate of drug-likeness (QED) is 0.278. The van der Waals surface area contributed by atoms with Crippen molar-refractivity contribution in [1.82, 2.24) is 9.80 Å². The molecule has 5 nitrogen and oxygen atoms in total. The predicted octanol–water partition coefficient (Wildman–Crippen LogP) is 6.84. The molecular weight excluding hydrogens is 472 g/mol. The van der Waals surface area contributed by atoms with Gasteiger partial charge < -0.3 is 4.42 Å². The van der Waals surface area contributed by atoms with Crippen molar-refractivity contribution in [3.8, 4) is 0 Å². The lowest BCUT2D eigenvalue weighted by Gasteiger charge is -2.41. The molecule has 3 aromatic carbocycles. The molecule has 1 atom stereocenters. The van der Waals surface area contributed by atoms with E-state index in [1.165, 1.54) is 16.7 Å². The molecule has 5 heteroatoms. The molecule has 0 bridgehead atoms. The Labute approximate surface area is 224 Å². The molecule has 2 aliphatic rings. The molecule has 1 aliphatic carbocycles. The third-order valence-corrected chi connectivity index (χ3v) is 8.16. The lowest BCUT2D eigenvalue weighted by molar-refractivity contribution is -0.137. The number of fused-ring (bicyclic) bond motifs is 2. The summed E-state index contributed by atoms with van der Waals surface area (Å²) in [6.07, 6.45) is 5.75. The second-order valence-corrected chi connectivity index (χ2v) is 10.8. The number of aryl methyl sites for hydroxylation is 1. The van der Waals surface area contributed by atoms with E-state index in [2.05, 4.69) is 48.2 Å². The first kappa shape index (κ1) is 24.6. The van der Waals surface area contributed by atoms with Gasteiger partial charge in [0.15, 0.2) is 5.76 Å². The zero-order valence-electron chi connectivity index (χ0n) is 21.9. The Kier molecular flexibility index (Phi) is 6.86. The maximum Gasteiger partial charge on any atom is 0.296 e. The summed E-state index contributed by atoms with van der Waals surface area (Å²) < 4.78 is 5.99. The molecule has 0 saturated heterocycles. The minimum absolute atomic E-state index is 0.118. The predicted molar refractivity (Wildman–Crippen MR) is 149 cm³/mol. The minimum atomic E-state index is -0.517. The van der Waals surface area contributed by atoms with E-state index in [1.807, 2.05) is 36.4 Å². The molecule has 0 radical (unpaired) electrons. The smallest absolute Gasteiger partial charge is 0.296 e. The normalized spacial score (nSPS) is 18.3. The Morgan fingerprint density at radius 1 is 0.921 bits per heavy atom. The number of furan rings is 1. The number of imide groups is 1. The second-order valence-electron chi connectivity index (χ2n) is 10.8. The Balaban J connectivity index is 1.40. The molecule has 2 heterocycles. The molecule has 0 N–H and O–H groups in total. The van der Waals surface area contributed by atoms with Gasteiger partial charge >= 0.3 is 0 Å². The molecule has 2 amide bonds. The first-order valence-electron chi connectivity index (χ1n) is 13.8. The summed E-state index contributed by atoms with van der Waals surface area (Å²) in [7, 11) is 0. The topological polar surface area (TPSA) is 53.8 Å². The Hall–Kier alpha value is -3.70. The molecule has 1 aliphatic heterocycles. The Morgan fingerprint density at radius 3 is 2.45 bits per heavy atom. The van der Waals surface area contributed by atoms with Gasteiger partial charge in [0.1, 0.15) is 11.6 Å².